The number of benzene rings is 1. The van der Waals surface area contributed by atoms with Crippen molar-refractivity contribution in [3.05, 3.63) is 41.5 Å². The Morgan fingerprint density at radius 2 is 1.94 bits per heavy atom. The SMILES string of the molecule is Cc1nc(-c2ccc(CC(C)C)cc2)c(C=O)o1. The van der Waals surface area contributed by atoms with E-state index in [1.54, 1.807) is 6.92 Å². The van der Waals surface area contributed by atoms with Gasteiger partial charge in [0, 0.05) is 12.5 Å². The van der Waals surface area contributed by atoms with E-state index in [0.29, 0.717) is 29.5 Å². The standard InChI is InChI=1S/C15H17NO2/c1-10(2)8-12-4-6-13(7-5-12)15-14(9-17)18-11(3)16-15/h4-7,9-10H,8H2,1-3H3. The van der Waals surface area contributed by atoms with Gasteiger partial charge in [-0.3, -0.25) is 4.79 Å². The Morgan fingerprint density at radius 1 is 1.28 bits per heavy atom. The van der Waals surface area contributed by atoms with Crippen LogP contribution in [0.4, 0.5) is 0 Å². The number of carbonyl (C=O) groups excluding carboxylic acids is 1. The third-order valence-corrected chi connectivity index (χ3v) is 2.74. The fourth-order valence-electron chi connectivity index (χ4n) is 2.00. The molecule has 0 atom stereocenters. The molecule has 0 aliphatic rings. The topological polar surface area (TPSA) is 43.1 Å². The van der Waals surface area contributed by atoms with Gasteiger partial charge in [-0.2, -0.15) is 0 Å². The summed E-state index contributed by atoms with van der Waals surface area (Å²) in [5, 5.41) is 0. The Morgan fingerprint density at radius 3 is 2.50 bits per heavy atom. The number of aryl methyl sites for hydroxylation is 1. The minimum Gasteiger partial charge on any atom is -0.438 e. The van der Waals surface area contributed by atoms with Crippen LogP contribution in [0.5, 0.6) is 0 Å². The first-order chi connectivity index (χ1) is 8.60. The van der Waals surface area contributed by atoms with Crippen molar-refractivity contribution in [2.24, 2.45) is 5.92 Å². The van der Waals surface area contributed by atoms with E-state index in [2.05, 4.69) is 31.0 Å². The number of oxazole rings is 1. The van der Waals surface area contributed by atoms with Crippen LogP contribution in [0.3, 0.4) is 0 Å². The van der Waals surface area contributed by atoms with Crippen LogP contribution >= 0.6 is 0 Å². The largest absolute Gasteiger partial charge is 0.438 e. The first-order valence-corrected chi connectivity index (χ1v) is 6.12. The molecule has 18 heavy (non-hydrogen) atoms. The molecular formula is C15H17NO2. The summed E-state index contributed by atoms with van der Waals surface area (Å²) in [7, 11) is 0. The third-order valence-electron chi connectivity index (χ3n) is 2.74. The van der Waals surface area contributed by atoms with Gasteiger partial charge in [0.05, 0.1) is 0 Å². The first kappa shape index (κ1) is 12.6. The van der Waals surface area contributed by atoms with Crippen LogP contribution in [0.1, 0.15) is 35.9 Å². The molecule has 0 radical (unpaired) electrons. The van der Waals surface area contributed by atoms with E-state index >= 15 is 0 Å². The normalized spacial score (nSPS) is 10.9. The van der Waals surface area contributed by atoms with Gasteiger partial charge in [-0.05, 0) is 17.9 Å². The van der Waals surface area contributed by atoms with E-state index in [9.17, 15) is 4.79 Å². The average molecular weight is 243 g/mol. The molecule has 0 saturated carbocycles. The molecule has 0 saturated heterocycles. The number of hydrogen-bond donors (Lipinski definition) is 0. The monoisotopic (exact) mass is 243 g/mol. The molecule has 0 amide bonds. The molecule has 2 aromatic rings. The highest BCUT2D eigenvalue weighted by molar-refractivity contribution is 5.82. The minimum absolute atomic E-state index is 0.295. The van der Waals surface area contributed by atoms with Crippen LogP contribution in [0.15, 0.2) is 28.7 Å². The zero-order valence-corrected chi connectivity index (χ0v) is 10.9. The summed E-state index contributed by atoms with van der Waals surface area (Å²) in [5.74, 6) is 1.44. The van der Waals surface area contributed by atoms with Crippen LogP contribution in [0, 0.1) is 12.8 Å². The van der Waals surface area contributed by atoms with Crippen molar-refractivity contribution in [2.45, 2.75) is 27.2 Å². The summed E-state index contributed by atoms with van der Waals surface area (Å²) in [6.07, 6.45) is 1.76. The van der Waals surface area contributed by atoms with Gasteiger partial charge in [0.15, 0.2) is 17.9 Å². The Hall–Kier alpha value is -1.90. The molecule has 3 heteroatoms. The molecule has 1 aromatic carbocycles. The molecule has 1 heterocycles. The van der Waals surface area contributed by atoms with E-state index in [-0.39, 0.29) is 0 Å². The molecule has 0 aliphatic carbocycles. The molecule has 0 fully saturated rings. The number of rotatable bonds is 4. The Balaban J connectivity index is 2.31. The van der Waals surface area contributed by atoms with Gasteiger partial charge in [0.1, 0.15) is 5.69 Å². The lowest BCUT2D eigenvalue weighted by Crippen LogP contribution is -1.93. The smallest absolute Gasteiger partial charge is 0.195 e. The molecule has 1 aromatic heterocycles. The van der Waals surface area contributed by atoms with Crippen molar-refractivity contribution in [3.8, 4) is 11.3 Å². The molecule has 0 aliphatic heterocycles. The maximum atomic E-state index is 10.9. The van der Waals surface area contributed by atoms with Gasteiger partial charge in [-0.15, -0.1) is 0 Å². The summed E-state index contributed by atoms with van der Waals surface area (Å²) < 4.78 is 5.23. The summed E-state index contributed by atoms with van der Waals surface area (Å²) in [6.45, 7) is 6.13. The van der Waals surface area contributed by atoms with Crippen molar-refractivity contribution in [3.63, 3.8) is 0 Å². The van der Waals surface area contributed by atoms with Crippen molar-refractivity contribution >= 4 is 6.29 Å². The van der Waals surface area contributed by atoms with Crippen molar-refractivity contribution < 1.29 is 9.21 Å². The summed E-state index contributed by atoms with van der Waals surface area (Å²) in [5.41, 5.74) is 2.83. The molecule has 0 unspecified atom stereocenters. The van der Waals surface area contributed by atoms with Gasteiger partial charge in [-0.1, -0.05) is 38.1 Å². The lowest BCUT2D eigenvalue weighted by Gasteiger charge is -2.05. The van der Waals surface area contributed by atoms with E-state index in [0.717, 1.165) is 12.0 Å². The fraction of sp³-hybridized carbons (Fsp3) is 0.333. The zero-order chi connectivity index (χ0) is 13.1. The van der Waals surface area contributed by atoms with Crippen LogP contribution in [-0.2, 0) is 6.42 Å². The van der Waals surface area contributed by atoms with Crippen LogP contribution in [0.2, 0.25) is 0 Å². The molecule has 3 nitrogen and oxygen atoms in total. The number of aromatic nitrogens is 1. The lowest BCUT2D eigenvalue weighted by molar-refractivity contribution is 0.110. The molecule has 94 valence electrons. The van der Waals surface area contributed by atoms with Crippen LogP contribution in [0.25, 0.3) is 11.3 Å². The van der Waals surface area contributed by atoms with E-state index in [1.807, 2.05) is 12.1 Å². The minimum atomic E-state index is 0.295. The van der Waals surface area contributed by atoms with Gasteiger partial charge in [0.2, 0.25) is 0 Å². The molecular weight excluding hydrogens is 226 g/mol. The van der Waals surface area contributed by atoms with E-state index in [1.165, 1.54) is 5.56 Å². The van der Waals surface area contributed by atoms with Crippen molar-refractivity contribution in [1.82, 2.24) is 4.98 Å². The Labute approximate surface area is 107 Å². The highest BCUT2D eigenvalue weighted by Crippen LogP contribution is 2.23. The predicted molar refractivity (Wildman–Crippen MR) is 70.6 cm³/mol. The Bertz CT molecular complexity index is 538. The Kier molecular flexibility index (Phi) is 3.60. The summed E-state index contributed by atoms with van der Waals surface area (Å²) in [4.78, 5) is 15.1. The maximum absolute atomic E-state index is 10.9. The van der Waals surface area contributed by atoms with Crippen LogP contribution in [-0.4, -0.2) is 11.3 Å². The highest BCUT2D eigenvalue weighted by Gasteiger charge is 2.12. The third kappa shape index (κ3) is 2.67. The number of carbonyl (C=O) groups is 1. The second-order valence-electron chi connectivity index (χ2n) is 4.86. The fourth-order valence-corrected chi connectivity index (χ4v) is 2.00. The maximum Gasteiger partial charge on any atom is 0.195 e. The zero-order valence-electron chi connectivity index (χ0n) is 10.9. The van der Waals surface area contributed by atoms with Gasteiger partial charge in [0.25, 0.3) is 0 Å². The highest BCUT2D eigenvalue weighted by atomic mass is 16.4. The van der Waals surface area contributed by atoms with E-state index < -0.39 is 0 Å². The summed E-state index contributed by atoms with van der Waals surface area (Å²) in [6, 6.07) is 8.13. The van der Waals surface area contributed by atoms with Crippen molar-refractivity contribution in [1.29, 1.82) is 0 Å². The molecule has 0 N–H and O–H groups in total. The molecule has 2 rings (SSSR count). The van der Waals surface area contributed by atoms with E-state index in [4.69, 9.17) is 4.42 Å². The number of aldehydes is 1. The molecule has 0 spiro atoms. The van der Waals surface area contributed by atoms with Gasteiger partial charge >= 0.3 is 0 Å². The number of nitrogens with zero attached hydrogens (tertiary/aromatic N) is 1. The predicted octanol–water partition coefficient (Wildman–Crippen LogP) is 3.66. The van der Waals surface area contributed by atoms with Crippen LogP contribution < -0.4 is 0 Å². The second-order valence-corrected chi connectivity index (χ2v) is 4.86. The van der Waals surface area contributed by atoms with Gasteiger partial charge < -0.3 is 4.42 Å². The second kappa shape index (κ2) is 5.17. The summed E-state index contributed by atoms with van der Waals surface area (Å²) >= 11 is 0. The number of hydrogen-bond acceptors (Lipinski definition) is 3. The lowest BCUT2D eigenvalue weighted by atomic mass is 10.0. The molecule has 0 bridgehead atoms. The quantitative estimate of drug-likeness (QED) is 0.769. The van der Waals surface area contributed by atoms with Crippen molar-refractivity contribution in [2.75, 3.05) is 0 Å². The first-order valence-electron chi connectivity index (χ1n) is 6.12. The average Bonchev–Trinajstić information content (AvgIpc) is 2.71. The van der Waals surface area contributed by atoms with Gasteiger partial charge in [-0.25, -0.2) is 4.98 Å².